The number of ether oxygens (including phenoxy) is 3. The normalized spacial score (nSPS) is 11.3. The van der Waals surface area contributed by atoms with Crippen molar-refractivity contribution in [2.45, 2.75) is 26.9 Å². The molecule has 0 aromatic heterocycles. The molecule has 0 radical (unpaired) electrons. The van der Waals surface area contributed by atoms with Crippen molar-refractivity contribution in [3.63, 3.8) is 0 Å². The van der Waals surface area contributed by atoms with Gasteiger partial charge in [-0.2, -0.15) is 0 Å². The van der Waals surface area contributed by atoms with E-state index in [1.54, 1.807) is 49.4 Å². The molecule has 0 aliphatic carbocycles. The van der Waals surface area contributed by atoms with Crippen LogP contribution in [0.1, 0.15) is 29.8 Å². The molecule has 2 N–H and O–H groups in total. The molecule has 2 aromatic carbocycles. The Morgan fingerprint density at radius 3 is 2.33 bits per heavy atom. The molecule has 2 rings (SSSR count). The molecule has 0 saturated carbocycles. The van der Waals surface area contributed by atoms with Gasteiger partial charge >= 0.3 is 0 Å². The quantitative estimate of drug-likeness (QED) is 0.730. The number of carbonyl (C=O) groups is 2. The van der Waals surface area contributed by atoms with Crippen LogP contribution in [-0.4, -0.2) is 31.6 Å². The van der Waals surface area contributed by atoms with Crippen molar-refractivity contribution in [2.75, 3.05) is 13.7 Å². The number of methoxy groups -OCH3 is 1. The van der Waals surface area contributed by atoms with Gasteiger partial charge in [-0.3, -0.25) is 20.4 Å². The zero-order chi connectivity index (χ0) is 19.8. The van der Waals surface area contributed by atoms with Gasteiger partial charge in [0.25, 0.3) is 11.8 Å². The van der Waals surface area contributed by atoms with Crippen LogP contribution >= 0.6 is 0 Å². The van der Waals surface area contributed by atoms with E-state index in [-0.39, 0.29) is 0 Å². The summed E-state index contributed by atoms with van der Waals surface area (Å²) in [5.74, 6) is 0.922. The molecule has 2 amide bonds. The molecular formula is C20H24N2O5. The van der Waals surface area contributed by atoms with E-state index in [0.717, 1.165) is 11.3 Å². The Labute approximate surface area is 158 Å². The van der Waals surface area contributed by atoms with E-state index >= 15 is 0 Å². The SMILES string of the molecule is CCOc1ccc(OC(C)C(=O)NNC(=O)c2ccc(C)c(OC)c2)cc1. The van der Waals surface area contributed by atoms with Gasteiger partial charge in [0.1, 0.15) is 17.2 Å². The van der Waals surface area contributed by atoms with Crippen LogP contribution in [0.2, 0.25) is 0 Å². The molecule has 144 valence electrons. The van der Waals surface area contributed by atoms with E-state index in [4.69, 9.17) is 14.2 Å². The Hall–Kier alpha value is -3.22. The Morgan fingerprint density at radius 2 is 1.70 bits per heavy atom. The fourth-order valence-electron chi connectivity index (χ4n) is 2.29. The van der Waals surface area contributed by atoms with E-state index in [2.05, 4.69) is 10.9 Å². The van der Waals surface area contributed by atoms with Gasteiger partial charge < -0.3 is 14.2 Å². The van der Waals surface area contributed by atoms with E-state index < -0.39 is 17.9 Å². The zero-order valence-corrected chi connectivity index (χ0v) is 15.9. The number of carbonyl (C=O) groups excluding carboxylic acids is 2. The summed E-state index contributed by atoms with van der Waals surface area (Å²) in [4.78, 5) is 24.3. The van der Waals surface area contributed by atoms with Gasteiger partial charge in [0.2, 0.25) is 0 Å². The van der Waals surface area contributed by atoms with Gasteiger partial charge in [0.15, 0.2) is 6.10 Å². The highest BCUT2D eigenvalue weighted by atomic mass is 16.5. The predicted molar refractivity (Wildman–Crippen MR) is 101 cm³/mol. The van der Waals surface area contributed by atoms with Crippen molar-refractivity contribution in [2.24, 2.45) is 0 Å². The second kappa shape index (κ2) is 9.47. The molecule has 0 saturated heterocycles. The highest BCUT2D eigenvalue weighted by Crippen LogP contribution is 2.19. The van der Waals surface area contributed by atoms with Crippen LogP contribution in [0.15, 0.2) is 42.5 Å². The minimum Gasteiger partial charge on any atom is -0.496 e. The van der Waals surface area contributed by atoms with E-state index in [9.17, 15) is 9.59 Å². The van der Waals surface area contributed by atoms with Crippen LogP contribution in [0.5, 0.6) is 17.2 Å². The zero-order valence-electron chi connectivity index (χ0n) is 15.9. The lowest BCUT2D eigenvalue weighted by Crippen LogP contribution is -2.47. The van der Waals surface area contributed by atoms with Crippen molar-refractivity contribution < 1.29 is 23.8 Å². The molecule has 7 heteroatoms. The first-order chi connectivity index (χ1) is 12.9. The number of amides is 2. The molecule has 1 unspecified atom stereocenters. The largest absolute Gasteiger partial charge is 0.496 e. The average Bonchev–Trinajstić information content (AvgIpc) is 2.67. The summed E-state index contributed by atoms with van der Waals surface area (Å²) in [6.07, 6.45) is -0.796. The molecular weight excluding hydrogens is 348 g/mol. The molecule has 7 nitrogen and oxygen atoms in total. The summed E-state index contributed by atoms with van der Waals surface area (Å²) < 4.78 is 16.1. The maximum atomic E-state index is 12.2. The third-order valence-corrected chi connectivity index (χ3v) is 3.79. The standard InChI is InChI=1S/C20H24N2O5/c1-5-26-16-8-10-17(11-9-16)27-14(3)19(23)21-22-20(24)15-7-6-13(2)18(12-15)25-4/h6-12,14H,5H2,1-4H3,(H,21,23)(H,22,24). The van der Waals surface area contributed by atoms with Gasteiger partial charge in [0, 0.05) is 5.56 Å². The first-order valence-corrected chi connectivity index (χ1v) is 8.59. The Bertz CT molecular complexity index is 789. The highest BCUT2D eigenvalue weighted by molar-refractivity contribution is 5.96. The summed E-state index contributed by atoms with van der Waals surface area (Å²) >= 11 is 0. The maximum Gasteiger partial charge on any atom is 0.279 e. The monoisotopic (exact) mass is 372 g/mol. The van der Waals surface area contributed by atoms with Gasteiger partial charge in [-0.1, -0.05) is 6.07 Å². The van der Waals surface area contributed by atoms with Crippen LogP contribution in [0.3, 0.4) is 0 Å². The molecule has 0 fully saturated rings. The van der Waals surface area contributed by atoms with E-state index in [0.29, 0.717) is 23.7 Å². The Balaban J connectivity index is 1.87. The highest BCUT2D eigenvalue weighted by Gasteiger charge is 2.16. The molecule has 0 bridgehead atoms. The second-order valence-corrected chi connectivity index (χ2v) is 5.79. The molecule has 0 spiro atoms. The van der Waals surface area contributed by atoms with Gasteiger partial charge in [0.05, 0.1) is 13.7 Å². The molecule has 2 aromatic rings. The number of benzene rings is 2. The predicted octanol–water partition coefficient (Wildman–Crippen LogP) is 2.63. The lowest BCUT2D eigenvalue weighted by Gasteiger charge is -2.15. The summed E-state index contributed by atoms with van der Waals surface area (Å²) in [7, 11) is 1.53. The van der Waals surface area contributed by atoms with Crippen molar-refractivity contribution in [1.82, 2.24) is 10.9 Å². The number of aryl methyl sites for hydroxylation is 1. The van der Waals surface area contributed by atoms with Gasteiger partial charge in [-0.05, 0) is 62.7 Å². The lowest BCUT2D eigenvalue weighted by atomic mass is 10.1. The molecule has 0 heterocycles. The van der Waals surface area contributed by atoms with Gasteiger partial charge in [-0.25, -0.2) is 0 Å². The minimum absolute atomic E-state index is 0.373. The summed E-state index contributed by atoms with van der Waals surface area (Å²) in [5.41, 5.74) is 6.01. The third-order valence-electron chi connectivity index (χ3n) is 3.79. The number of hydrogen-bond acceptors (Lipinski definition) is 5. The van der Waals surface area contributed by atoms with Crippen molar-refractivity contribution in [3.05, 3.63) is 53.6 Å². The van der Waals surface area contributed by atoms with Crippen LogP contribution in [0, 0.1) is 6.92 Å². The first kappa shape index (κ1) is 20.1. The van der Waals surface area contributed by atoms with Crippen molar-refractivity contribution in [1.29, 1.82) is 0 Å². The minimum atomic E-state index is -0.796. The van der Waals surface area contributed by atoms with Crippen LogP contribution in [0.4, 0.5) is 0 Å². The fourth-order valence-corrected chi connectivity index (χ4v) is 2.29. The number of hydrazine groups is 1. The topological polar surface area (TPSA) is 85.9 Å². The van der Waals surface area contributed by atoms with Crippen LogP contribution in [0.25, 0.3) is 0 Å². The average molecular weight is 372 g/mol. The van der Waals surface area contributed by atoms with Crippen molar-refractivity contribution >= 4 is 11.8 Å². The van der Waals surface area contributed by atoms with Crippen LogP contribution in [-0.2, 0) is 4.79 Å². The summed E-state index contributed by atoms with van der Waals surface area (Å²) in [6, 6.07) is 12.0. The summed E-state index contributed by atoms with van der Waals surface area (Å²) in [6.45, 7) is 5.94. The molecule has 27 heavy (non-hydrogen) atoms. The smallest absolute Gasteiger partial charge is 0.279 e. The lowest BCUT2D eigenvalue weighted by molar-refractivity contribution is -0.128. The number of hydrogen-bond donors (Lipinski definition) is 2. The summed E-state index contributed by atoms with van der Waals surface area (Å²) in [5, 5.41) is 0. The van der Waals surface area contributed by atoms with Gasteiger partial charge in [-0.15, -0.1) is 0 Å². The second-order valence-electron chi connectivity index (χ2n) is 5.79. The first-order valence-electron chi connectivity index (χ1n) is 8.59. The Morgan fingerprint density at radius 1 is 1.04 bits per heavy atom. The van der Waals surface area contributed by atoms with Crippen molar-refractivity contribution in [3.8, 4) is 17.2 Å². The van der Waals surface area contributed by atoms with E-state index in [1.165, 1.54) is 7.11 Å². The molecule has 0 aliphatic heterocycles. The molecule has 0 aliphatic rings. The Kier molecular flexibility index (Phi) is 7.05. The number of rotatable bonds is 7. The molecule has 1 atom stereocenters. The third kappa shape index (κ3) is 5.64. The van der Waals surface area contributed by atoms with Crippen LogP contribution < -0.4 is 25.1 Å². The maximum absolute atomic E-state index is 12.2. The van der Waals surface area contributed by atoms with E-state index in [1.807, 2.05) is 13.8 Å². The fraction of sp³-hybridized carbons (Fsp3) is 0.300. The number of nitrogens with one attached hydrogen (secondary N) is 2.